The maximum absolute atomic E-state index is 13.1. The second kappa shape index (κ2) is 12.0. The van der Waals surface area contributed by atoms with Crippen LogP contribution in [0.15, 0.2) is 48.2 Å². The average Bonchev–Trinajstić information content (AvgIpc) is 3.71. The first kappa shape index (κ1) is 28.2. The number of nitrogens with zero attached hydrogens (tertiary/aromatic N) is 4. The van der Waals surface area contributed by atoms with E-state index in [9.17, 15) is 19.5 Å². The van der Waals surface area contributed by atoms with E-state index in [1.54, 1.807) is 83.1 Å². The molecule has 4 N–H and O–H groups in total. The van der Waals surface area contributed by atoms with Crippen LogP contribution in [0.4, 0.5) is 11.4 Å². The van der Waals surface area contributed by atoms with Crippen molar-refractivity contribution in [2.45, 2.75) is 0 Å². The van der Waals surface area contributed by atoms with Crippen LogP contribution in [0.1, 0.15) is 31.5 Å². The van der Waals surface area contributed by atoms with Crippen LogP contribution in [0.3, 0.4) is 0 Å². The first-order valence-electron chi connectivity index (χ1n) is 13.2. The summed E-state index contributed by atoms with van der Waals surface area (Å²) in [5.41, 5.74) is 2.85. The lowest BCUT2D eigenvalue weighted by Crippen LogP contribution is -2.41. The molecule has 5 rings (SSSR count). The molecule has 3 amide bonds. The van der Waals surface area contributed by atoms with Gasteiger partial charge in [0.15, 0.2) is 0 Å². The third-order valence-electron chi connectivity index (χ3n) is 6.95. The van der Waals surface area contributed by atoms with Gasteiger partial charge in [0, 0.05) is 71.5 Å². The van der Waals surface area contributed by atoms with E-state index in [0.29, 0.717) is 53.1 Å². The van der Waals surface area contributed by atoms with Crippen molar-refractivity contribution in [2.24, 2.45) is 21.1 Å². The highest BCUT2D eigenvalue weighted by Gasteiger charge is 2.20. The number of hydrogen-bond donors (Lipinski definition) is 4. The molecule has 0 spiro atoms. The fourth-order valence-corrected chi connectivity index (χ4v) is 5.55. The number of aromatic hydroxyl groups is 1. The monoisotopic (exact) mass is 579 g/mol. The Morgan fingerprint density at radius 1 is 0.854 bits per heavy atom. The van der Waals surface area contributed by atoms with Gasteiger partial charge >= 0.3 is 0 Å². The first-order chi connectivity index (χ1) is 19.7. The van der Waals surface area contributed by atoms with Crippen LogP contribution < -0.4 is 16.0 Å². The number of nitrogens with one attached hydrogen (secondary N) is 3. The summed E-state index contributed by atoms with van der Waals surface area (Å²) in [6, 6.07) is 6.54. The van der Waals surface area contributed by atoms with Gasteiger partial charge < -0.3 is 39.5 Å². The molecule has 4 aromatic rings. The molecule has 0 saturated carbocycles. The molecule has 216 valence electrons. The minimum Gasteiger partial charge on any atom is -0.506 e. The minimum absolute atomic E-state index is 0.168. The van der Waals surface area contributed by atoms with Crippen molar-refractivity contribution in [1.82, 2.24) is 23.9 Å². The Hall–Kier alpha value is -4.33. The van der Waals surface area contributed by atoms with Gasteiger partial charge in [-0.25, -0.2) is 0 Å². The second-order valence-corrected chi connectivity index (χ2v) is 10.8. The van der Waals surface area contributed by atoms with Crippen LogP contribution in [-0.2, 0) is 25.9 Å². The van der Waals surface area contributed by atoms with Gasteiger partial charge in [-0.15, -0.1) is 11.3 Å². The lowest BCUT2D eigenvalue weighted by atomic mass is 10.2. The van der Waals surface area contributed by atoms with Crippen molar-refractivity contribution in [3.8, 4) is 16.2 Å². The molecule has 1 saturated heterocycles. The zero-order valence-electron chi connectivity index (χ0n) is 23.1. The van der Waals surface area contributed by atoms with Gasteiger partial charge in [0.25, 0.3) is 17.7 Å². The van der Waals surface area contributed by atoms with Crippen molar-refractivity contribution < 1.29 is 24.2 Å². The summed E-state index contributed by atoms with van der Waals surface area (Å²) in [4.78, 5) is 41.7. The van der Waals surface area contributed by atoms with Gasteiger partial charge in [-0.2, -0.15) is 0 Å². The normalized spacial score (nSPS) is 13.7. The van der Waals surface area contributed by atoms with Gasteiger partial charge in [-0.05, 0) is 29.6 Å². The van der Waals surface area contributed by atoms with Crippen molar-refractivity contribution in [1.29, 1.82) is 0 Å². The average molecular weight is 580 g/mol. The SMILES string of the molecule is Cn1cc(NC(=O)c2cc(NC(=O)c3cc(-c4sccc4O)cn3C)cn2C)cc1C(=O)NCCN1CCOCC1. The Morgan fingerprint density at radius 2 is 1.41 bits per heavy atom. The van der Waals surface area contributed by atoms with Crippen LogP contribution in [0.2, 0.25) is 0 Å². The molecule has 0 atom stereocenters. The van der Waals surface area contributed by atoms with E-state index in [1.165, 1.54) is 11.3 Å². The van der Waals surface area contributed by atoms with E-state index in [-0.39, 0.29) is 23.5 Å². The molecule has 13 heteroatoms. The predicted molar refractivity (Wildman–Crippen MR) is 157 cm³/mol. The van der Waals surface area contributed by atoms with Gasteiger partial charge in [-0.1, -0.05) is 0 Å². The topological polar surface area (TPSA) is 135 Å². The molecule has 5 heterocycles. The molecular weight excluding hydrogens is 546 g/mol. The fraction of sp³-hybridized carbons (Fsp3) is 0.321. The summed E-state index contributed by atoms with van der Waals surface area (Å²) in [6.45, 7) is 4.39. The summed E-state index contributed by atoms with van der Waals surface area (Å²) in [5, 5.41) is 20.4. The number of rotatable bonds is 9. The van der Waals surface area contributed by atoms with Crippen molar-refractivity contribution in [2.75, 3.05) is 50.0 Å². The highest BCUT2D eigenvalue weighted by atomic mass is 32.1. The Bertz CT molecular complexity index is 1570. The van der Waals surface area contributed by atoms with Crippen LogP contribution in [0, 0.1) is 0 Å². The highest BCUT2D eigenvalue weighted by Crippen LogP contribution is 2.35. The molecule has 0 radical (unpaired) electrons. The molecule has 41 heavy (non-hydrogen) atoms. The number of amides is 3. The molecule has 4 aromatic heterocycles. The molecule has 0 bridgehead atoms. The minimum atomic E-state index is -0.382. The molecule has 0 unspecified atom stereocenters. The number of thiophene rings is 1. The number of aryl methyl sites for hydroxylation is 3. The Kier molecular flexibility index (Phi) is 8.28. The number of aromatic nitrogens is 3. The van der Waals surface area contributed by atoms with Crippen molar-refractivity contribution in [3.63, 3.8) is 0 Å². The summed E-state index contributed by atoms with van der Waals surface area (Å²) in [5.74, 6) is -0.781. The van der Waals surface area contributed by atoms with Gasteiger partial charge in [0.2, 0.25) is 0 Å². The highest BCUT2D eigenvalue weighted by molar-refractivity contribution is 7.14. The number of carbonyl (C=O) groups is 3. The van der Waals surface area contributed by atoms with E-state index >= 15 is 0 Å². The molecule has 1 aliphatic heterocycles. The largest absolute Gasteiger partial charge is 0.506 e. The van der Waals surface area contributed by atoms with Crippen molar-refractivity contribution >= 4 is 40.4 Å². The smallest absolute Gasteiger partial charge is 0.272 e. The lowest BCUT2D eigenvalue weighted by Gasteiger charge is -2.26. The van der Waals surface area contributed by atoms with E-state index in [0.717, 1.165) is 25.2 Å². The van der Waals surface area contributed by atoms with Crippen LogP contribution in [0.5, 0.6) is 5.75 Å². The summed E-state index contributed by atoms with van der Waals surface area (Å²) in [7, 11) is 5.21. The van der Waals surface area contributed by atoms with Crippen LogP contribution in [-0.4, -0.2) is 80.8 Å². The number of carbonyl (C=O) groups excluding carboxylic acids is 3. The molecule has 0 aromatic carbocycles. The number of hydrogen-bond acceptors (Lipinski definition) is 7. The maximum Gasteiger partial charge on any atom is 0.272 e. The lowest BCUT2D eigenvalue weighted by molar-refractivity contribution is 0.0383. The summed E-state index contributed by atoms with van der Waals surface area (Å²) < 4.78 is 10.3. The maximum atomic E-state index is 13.1. The van der Waals surface area contributed by atoms with Crippen LogP contribution in [0.25, 0.3) is 10.4 Å². The van der Waals surface area contributed by atoms with E-state index in [4.69, 9.17) is 4.74 Å². The third kappa shape index (κ3) is 6.37. The third-order valence-corrected chi connectivity index (χ3v) is 7.91. The van der Waals surface area contributed by atoms with Gasteiger partial charge in [0.1, 0.15) is 22.8 Å². The summed E-state index contributed by atoms with van der Waals surface area (Å²) in [6.07, 6.45) is 5.11. The number of anilines is 2. The molecule has 1 fully saturated rings. The molecular formula is C28H33N7O5S. The predicted octanol–water partition coefficient (Wildman–Crippen LogP) is 2.70. The Morgan fingerprint density at radius 3 is 2.00 bits per heavy atom. The van der Waals surface area contributed by atoms with Crippen LogP contribution >= 0.6 is 11.3 Å². The second-order valence-electron chi connectivity index (χ2n) is 9.93. The van der Waals surface area contributed by atoms with Gasteiger partial charge in [0.05, 0.1) is 29.5 Å². The Labute approximate surface area is 241 Å². The van der Waals surface area contributed by atoms with Gasteiger partial charge in [-0.3, -0.25) is 19.3 Å². The zero-order chi connectivity index (χ0) is 29.1. The summed E-state index contributed by atoms with van der Waals surface area (Å²) >= 11 is 1.39. The molecule has 1 aliphatic rings. The number of ether oxygens (including phenoxy) is 1. The van der Waals surface area contributed by atoms with E-state index in [1.807, 2.05) is 0 Å². The van der Waals surface area contributed by atoms with E-state index in [2.05, 4.69) is 20.9 Å². The number of morpholine rings is 1. The van der Waals surface area contributed by atoms with E-state index < -0.39 is 0 Å². The standard InChI is InChI=1S/C28H33N7O5S/c1-32-15-18(25-24(36)4-11-41-25)12-21(32)27(38)30-20-14-23(34(3)17-20)28(39)31-19-13-22(33(2)16-19)26(37)29-5-6-35-7-9-40-10-8-35/h4,11-17,36H,5-10H2,1-3H3,(H,29,37)(H,30,38)(H,31,39). The quantitative estimate of drug-likeness (QED) is 0.241. The first-order valence-corrected chi connectivity index (χ1v) is 14.0. The zero-order valence-corrected chi connectivity index (χ0v) is 24.0. The van der Waals surface area contributed by atoms with Crippen molar-refractivity contribution in [3.05, 3.63) is 65.3 Å². The molecule has 0 aliphatic carbocycles. The fourth-order valence-electron chi connectivity index (χ4n) is 4.78. The molecule has 12 nitrogen and oxygen atoms in total. The Balaban J connectivity index is 1.19.